The molecule has 50 valence electrons. The number of hydrogen-bond donors (Lipinski definition) is 0. The third kappa shape index (κ3) is 0.556. The van der Waals surface area contributed by atoms with Crippen LogP contribution >= 0.6 is 0 Å². The maximum atomic E-state index is 10.7. The van der Waals surface area contributed by atoms with Gasteiger partial charge < -0.3 is 0 Å². The van der Waals surface area contributed by atoms with E-state index in [1.165, 1.54) is 4.40 Å². The summed E-state index contributed by atoms with van der Waals surface area (Å²) in [5, 5.41) is 3.49. The van der Waals surface area contributed by atoms with Gasteiger partial charge in [0.05, 0.1) is 0 Å². The second kappa shape index (κ2) is 1.70. The van der Waals surface area contributed by atoms with E-state index in [1.54, 1.807) is 24.4 Å². The molecule has 0 unspecified atom stereocenters. The Hall–Kier alpha value is -1.58. The molecule has 4 heteroatoms. The van der Waals surface area contributed by atoms with Gasteiger partial charge in [-0.2, -0.15) is 0 Å². The average Bonchev–Trinajstić information content (AvgIpc) is 2.34. The van der Waals surface area contributed by atoms with Crippen molar-refractivity contribution in [3.05, 3.63) is 34.9 Å². The first-order chi connectivity index (χ1) is 4.88. The van der Waals surface area contributed by atoms with E-state index in [0.717, 1.165) is 0 Å². The minimum Gasteiger partial charge on any atom is -0.295 e. The zero-order valence-electron chi connectivity index (χ0n) is 5.02. The van der Waals surface area contributed by atoms with E-state index in [-0.39, 0.29) is 0 Å². The number of fused-ring (bicyclic) bond motifs is 1. The van der Waals surface area contributed by atoms with Gasteiger partial charge in [-0.3, -0.25) is 4.52 Å². The Labute approximate surface area is 55.7 Å². The number of nitrogens with zero attached hydrogens (tertiary/aromatic N) is 2. The molecule has 0 bridgehead atoms. The van der Waals surface area contributed by atoms with Gasteiger partial charge in [-0.25, -0.2) is 9.20 Å². The number of pyridine rings is 1. The number of hydrogen-bond acceptors (Lipinski definition) is 3. The minimum absolute atomic E-state index is 0.449. The van der Waals surface area contributed by atoms with Crippen LogP contribution in [0, 0.1) is 0 Å². The lowest BCUT2D eigenvalue weighted by molar-refractivity contribution is 0.387. The largest absolute Gasteiger partial charge is 0.446 e. The molecule has 0 spiro atoms. The summed E-state index contributed by atoms with van der Waals surface area (Å²) in [6, 6.07) is 5.23. The number of rotatable bonds is 0. The lowest BCUT2D eigenvalue weighted by Crippen LogP contribution is -2.03. The third-order valence-electron chi connectivity index (χ3n) is 1.25. The molecule has 0 aromatic carbocycles. The minimum atomic E-state index is -0.449. The van der Waals surface area contributed by atoms with Gasteiger partial charge in [0, 0.05) is 6.20 Å². The molecule has 0 atom stereocenters. The van der Waals surface area contributed by atoms with Crippen molar-refractivity contribution < 1.29 is 4.52 Å². The van der Waals surface area contributed by atoms with Crippen LogP contribution in [0.15, 0.2) is 33.7 Å². The quantitative estimate of drug-likeness (QED) is 0.522. The van der Waals surface area contributed by atoms with Gasteiger partial charge in [-0.05, 0) is 12.1 Å². The summed E-state index contributed by atoms with van der Waals surface area (Å²) in [4.78, 5) is 10.7. The molecule has 4 nitrogen and oxygen atoms in total. The molecule has 2 aromatic heterocycles. The lowest BCUT2D eigenvalue weighted by Gasteiger charge is -1.82. The van der Waals surface area contributed by atoms with Crippen LogP contribution in [0.4, 0.5) is 0 Å². The van der Waals surface area contributed by atoms with Crippen molar-refractivity contribution in [2.45, 2.75) is 0 Å². The van der Waals surface area contributed by atoms with Gasteiger partial charge in [0.15, 0.2) is 5.65 Å². The topological polar surface area (TPSA) is 47.5 Å². The molecule has 0 amide bonds. The summed E-state index contributed by atoms with van der Waals surface area (Å²) in [7, 11) is 0. The molecule has 0 radical (unpaired) electrons. The highest BCUT2D eigenvalue weighted by Crippen LogP contribution is 1.92. The molecule has 0 fully saturated rings. The van der Waals surface area contributed by atoms with Crippen LogP contribution in [0.3, 0.4) is 0 Å². The Balaban J connectivity index is 3.07. The summed E-state index contributed by atoms with van der Waals surface area (Å²) in [5.74, 6) is -0.449. The van der Waals surface area contributed by atoms with Gasteiger partial charge in [-0.1, -0.05) is 11.2 Å². The average molecular weight is 136 g/mol. The van der Waals surface area contributed by atoms with E-state index in [9.17, 15) is 4.79 Å². The third-order valence-corrected chi connectivity index (χ3v) is 1.25. The Morgan fingerprint density at radius 1 is 1.50 bits per heavy atom. The summed E-state index contributed by atoms with van der Waals surface area (Å²) in [6.45, 7) is 0. The Kier molecular flexibility index (Phi) is 0.887. The monoisotopic (exact) mass is 136 g/mol. The molecule has 0 aliphatic rings. The van der Waals surface area contributed by atoms with Crippen molar-refractivity contribution in [2.75, 3.05) is 0 Å². The van der Waals surface area contributed by atoms with Crippen molar-refractivity contribution in [1.82, 2.24) is 9.56 Å². The second-order valence-corrected chi connectivity index (χ2v) is 1.88. The van der Waals surface area contributed by atoms with E-state index in [1.807, 2.05) is 0 Å². The van der Waals surface area contributed by atoms with Gasteiger partial charge in [0.2, 0.25) is 0 Å². The summed E-state index contributed by atoms with van der Waals surface area (Å²) in [6.07, 6.45) is 1.61. The highest BCUT2D eigenvalue weighted by Gasteiger charge is 1.96. The smallest absolute Gasteiger partial charge is 0.295 e. The van der Waals surface area contributed by atoms with Crippen LogP contribution in [0.1, 0.15) is 0 Å². The SMILES string of the molecule is O=c1onc2ccccn12. The normalized spacial score (nSPS) is 10.4. The highest BCUT2D eigenvalue weighted by atomic mass is 16.5. The van der Waals surface area contributed by atoms with E-state index < -0.39 is 5.76 Å². The maximum absolute atomic E-state index is 10.7. The molecule has 0 N–H and O–H groups in total. The molecule has 0 aliphatic heterocycles. The summed E-state index contributed by atoms with van der Waals surface area (Å²) < 4.78 is 5.71. The fourth-order valence-corrected chi connectivity index (χ4v) is 0.793. The maximum Gasteiger partial charge on any atom is 0.446 e. The van der Waals surface area contributed by atoms with Crippen LogP contribution in [0.25, 0.3) is 5.65 Å². The molecule has 2 aromatic rings. The van der Waals surface area contributed by atoms with Crippen molar-refractivity contribution in [3.8, 4) is 0 Å². The van der Waals surface area contributed by atoms with Crippen molar-refractivity contribution in [1.29, 1.82) is 0 Å². The van der Waals surface area contributed by atoms with E-state index in [0.29, 0.717) is 5.65 Å². The fraction of sp³-hybridized carbons (Fsp3) is 0. The highest BCUT2D eigenvalue weighted by molar-refractivity contribution is 5.34. The predicted octanol–water partition coefficient (Wildman–Crippen LogP) is 0.287. The molecule has 2 heterocycles. The summed E-state index contributed by atoms with van der Waals surface area (Å²) >= 11 is 0. The molecule has 0 aliphatic carbocycles. The molecule has 0 saturated carbocycles. The lowest BCUT2D eigenvalue weighted by atomic mass is 10.5. The van der Waals surface area contributed by atoms with Crippen LogP contribution in [0.5, 0.6) is 0 Å². The van der Waals surface area contributed by atoms with E-state index in [2.05, 4.69) is 9.68 Å². The molecular formula is C6H4N2O2. The van der Waals surface area contributed by atoms with Gasteiger partial charge in [-0.15, -0.1) is 0 Å². The van der Waals surface area contributed by atoms with Gasteiger partial charge >= 0.3 is 5.76 Å². The van der Waals surface area contributed by atoms with Crippen molar-refractivity contribution in [3.63, 3.8) is 0 Å². The molecule has 2 rings (SSSR count). The zero-order chi connectivity index (χ0) is 6.97. The fourth-order valence-electron chi connectivity index (χ4n) is 0.793. The van der Waals surface area contributed by atoms with Gasteiger partial charge in [0.25, 0.3) is 0 Å². The number of aromatic nitrogens is 2. The first-order valence-electron chi connectivity index (χ1n) is 2.81. The Morgan fingerprint density at radius 2 is 2.40 bits per heavy atom. The van der Waals surface area contributed by atoms with Crippen LogP contribution in [-0.4, -0.2) is 9.56 Å². The van der Waals surface area contributed by atoms with Crippen molar-refractivity contribution in [2.24, 2.45) is 0 Å². The van der Waals surface area contributed by atoms with E-state index >= 15 is 0 Å². The predicted molar refractivity (Wildman–Crippen MR) is 33.7 cm³/mol. The molecule has 10 heavy (non-hydrogen) atoms. The van der Waals surface area contributed by atoms with Gasteiger partial charge in [0.1, 0.15) is 0 Å². The van der Waals surface area contributed by atoms with Crippen LogP contribution in [0.2, 0.25) is 0 Å². The van der Waals surface area contributed by atoms with Crippen LogP contribution in [-0.2, 0) is 0 Å². The molecule has 0 saturated heterocycles. The van der Waals surface area contributed by atoms with Crippen LogP contribution < -0.4 is 5.76 Å². The summed E-state index contributed by atoms with van der Waals surface area (Å²) in [5.41, 5.74) is 0.535. The zero-order valence-corrected chi connectivity index (χ0v) is 5.02. The van der Waals surface area contributed by atoms with Crippen molar-refractivity contribution >= 4 is 5.65 Å². The molecular weight excluding hydrogens is 132 g/mol. The Morgan fingerprint density at radius 3 is 3.20 bits per heavy atom. The van der Waals surface area contributed by atoms with E-state index in [4.69, 9.17) is 0 Å². The first kappa shape index (κ1) is 5.22. The second-order valence-electron chi connectivity index (χ2n) is 1.88. The first-order valence-corrected chi connectivity index (χ1v) is 2.81. The standard InChI is InChI=1S/C6H4N2O2/c9-6-8-4-2-1-3-5(8)7-10-6/h1-4H. The Bertz CT molecular complexity index is 401.